The number of carbonyl (C=O) groups excluding carboxylic acids is 1. The summed E-state index contributed by atoms with van der Waals surface area (Å²) in [5.41, 5.74) is 1.61. The number of rotatable bonds is 10. The fourth-order valence-corrected chi connectivity index (χ4v) is 4.72. The maximum atomic E-state index is 12.3. The van der Waals surface area contributed by atoms with Crippen LogP contribution in [0.25, 0.3) is 17.2 Å². The minimum Gasteiger partial charge on any atom is -0.756 e. The molecule has 0 bridgehead atoms. The van der Waals surface area contributed by atoms with Crippen molar-refractivity contribution in [2.24, 2.45) is 0 Å². The summed E-state index contributed by atoms with van der Waals surface area (Å²) >= 11 is 0. The van der Waals surface area contributed by atoms with Gasteiger partial charge in [-0.2, -0.15) is 0 Å². The number of fused-ring (bicyclic) bond motifs is 2. The van der Waals surface area contributed by atoms with E-state index in [1.807, 2.05) is 43.3 Å². The van der Waals surface area contributed by atoms with Gasteiger partial charge in [-0.05, 0) is 18.1 Å². The number of carbonyl (C=O) groups is 1. The van der Waals surface area contributed by atoms with E-state index in [0.717, 1.165) is 18.4 Å². The van der Waals surface area contributed by atoms with Crippen LogP contribution in [0.1, 0.15) is 31.6 Å². The summed E-state index contributed by atoms with van der Waals surface area (Å²) in [6, 6.07) is 9.15. The summed E-state index contributed by atoms with van der Waals surface area (Å²) in [5, 5.41) is 5.44. The number of hydrogen-bond donors (Lipinski definition) is 3. The van der Waals surface area contributed by atoms with E-state index in [9.17, 15) is 14.3 Å². The quantitative estimate of drug-likeness (QED) is 0.244. The first-order valence-corrected chi connectivity index (χ1v) is 13.9. The molecule has 5 rings (SSSR count). The molecular formula is C24H28N6O8P-. The lowest BCUT2D eigenvalue weighted by Gasteiger charge is -2.22. The molecule has 0 aliphatic carbocycles. The first kappa shape index (κ1) is 27.3. The summed E-state index contributed by atoms with van der Waals surface area (Å²) in [4.78, 5) is 45.5. The van der Waals surface area contributed by atoms with Gasteiger partial charge in [0.15, 0.2) is 29.5 Å². The molecular weight excluding hydrogens is 531 g/mol. The predicted molar refractivity (Wildman–Crippen MR) is 136 cm³/mol. The first-order valence-electron chi connectivity index (χ1n) is 12.4. The van der Waals surface area contributed by atoms with Crippen LogP contribution in [-0.4, -0.2) is 68.2 Å². The first-order chi connectivity index (χ1) is 18.8. The number of hydrogen-bond acceptors (Lipinski definition) is 10. The standard InChI is InChI=1S/C24H29N6O8P/c1-2-3-11-25-24(31)29-21-18-22(27-13-26-21)30(14-28-18)23-20-19(16(36-23)12-35-39(32,33)34)37-17(38-20)10-9-15-7-5-4-6-8-15/h4-10,13-14,16-17,19-20,23H,2-3,11-12H2,1H3,(H2,32,33,34)(H2,25,26,27,29,31)/p-1/b10-9+/t16-,17?,19?,20+,23-/m1/s1. The third-order valence-electron chi connectivity index (χ3n) is 6.20. The zero-order valence-corrected chi connectivity index (χ0v) is 21.8. The summed E-state index contributed by atoms with van der Waals surface area (Å²) in [6.07, 6.45) is 4.19. The number of nitrogens with zero attached hydrogens (tertiary/aromatic N) is 4. The molecule has 208 valence electrons. The molecule has 0 saturated carbocycles. The Kier molecular flexibility index (Phi) is 8.33. The van der Waals surface area contributed by atoms with Crippen molar-refractivity contribution in [3.05, 3.63) is 54.6 Å². The Morgan fingerprint density at radius 3 is 2.77 bits per heavy atom. The van der Waals surface area contributed by atoms with Crippen LogP contribution in [-0.2, 0) is 23.3 Å². The Hall–Kier alpha value is -3.23. The van der Waals surface area contributed by atoms with Crippen molar-refractivity contribution < 1.29 is 37.9 Å². The van der Waals surface area contributed by atoms with E-state index in [1.54, 1.807) is 10.6 Å². The molecule has 0 spiro atoms. The topological polar surface area (TPSA) is 182 Å². The molecule has 2 aliphatic rings. The van der Waals surface area contributed by atoms with E-state index in [-0.39, 0.29) is 5.82 Å². The van der Waals surface area contributed by atoms with Gasteiger partial charge in [0.2, 0.25) is 0 Å². The van der Waals surface area contributed by atoms with Crippen LogP contribution in [0, 0.1) is 0 Å². The molecule has 2 aliphatic heterocycles. The second-order valence-corrected chi connectivity index (χ2v) is 10.1. The number of phosphoric ester groups is 1. The molecule has 14 nitrogen and oxygen atoms in total. The summed E-state index contributed by atoms with van der Waals surface area (Å²) in [6.45, 7) is 2.06. The van der Waals surface area contributed by atoms with Gasteiger partial charge in [0, 0.05) is 6.54 Å². The number of urea groups is 1. The van der Waals surface area contributed by atoms with Crippen LogP contribution in [0.5, 0.6) is 0 Å². The van der Waals surface area contributed by atoms with Gasteiger partial charge in [-0.15, -0.1) is 0 Å². The predicted octanol–water partition coefficient (Wildman–Crippen LogP) is 1.95. The number of unbranched alkanes of at least 4 members (excludes halogenated alkanes) is 1. The average Bonchev–Trinajstić information content (AvgIpc) is 3.61. The number of aromatic nitrogens is 4. The lowest BCUT2D eigenvalue weighted by atomic mass is 10.1. The van der Waals surface area contributed by atoms with Crippen LogP contribution in [0.3, 0.4) is 0 Å². The highest BCUT2D eigenvalue weighted by molar-refractivity contribution is 7.44. The second-order valence-electron chi connectivity index (χ2n) is 8.95. The van der Waals surface area contributed by atoms with Gasteiger partial charge in [-0.25, -0.2) is 19.7 Å². The minimum absolute atomic E-state index is 0.210. The van der Waals surface area contributed by atoms with Crippen molar-refractivity contribution >= 4 is 36.9 Å². The summed E-state index contributed by atoms with van der Waals surface area (Å²) in [7, 11) is -5.00. The normalized spacial score (nSPS) is 26.1. The zero-order chi connectivity index (χ0) is 27.4. The van der Waals surface area contributed by atoms with Crippen molar-refractivity contribution in [2.75, 3.05) is 18.5 Å². The Morgan fingerprint density at radius 2 is 2.00 bits per heavy atom. The summed E-state index contributed by atoms with van der Waals surface area (Å²) in [5.74, 6) is 0.210. The van der Waals surface area contributed by atoms with Crippen molar-refractivity contribution in [1.82, 2.24) is 24.8 Å². The minimum atomic E-state index is -5.00. The number of nitrogens with one attached hydrogen (secondary N) is 2. The van der Waals surface area contributed by atoms with Crippen LogP contribution < -0.4 is 15.5 Å². The van der Waals surface area contributed by atoms with Gasteiger partial charge >= 0.3 is 6.03 Å². The Labute approximate surface area is 223 Å². The molecule has 6 atom stereocenters. The Balaban J connectivity index is 1.38. The molecule has 1 aromatic carbocycles. The highest BCUT2D eigenvalue weighted by Crippen LogP contribution is 2.42. The lowest BCUT2D eigenvalue weighted by molar-refractivity contribution is -0.223. The van der Waals surface area contributed by atoms with Crippen molar-refractivity contribution in [3.8, 4) is 0 Å². The van der Waals surface area contributed by atoms with Crippen molar-refractivity contribution in [1.29, 1.82) is 0 Å². The van der Waals surface area contributed by atoms with Crippen molar-refractivity contribution in [3.63, 3.8) is 0 Å². The van der Waals surface area contributed by atoms with Crippen LogP contribution in [0.4, 0.5) is 10.6 Å². The molecule has 3 N–H and O–H groups in total. The van der Waals surface area contributed by atoms with Gasteiger partial charge in [-0.1, -0.05) is 49.8 Å². The number of imidazole rings is 1. The highest BCUT2D eigenvalue weighted by Gasteiger charge is 2.53. The number of amides is 2. The molecule has 2 saturated heterocycles. The molecule has 0 radical (unpaired) electrons. The largest absolute Gasteiger partial charge is 0.756 e. The Bertz CT molecular complexity index is 1370. The maximum absolute atomic E-state index is 12.3. The zero-order valence-electron chi connectivity index (χ0n) is 21.0. The molecule has 2 fully saturated rings. The van der Waals surface area contributed by atoms with Gasteiger partial charge in [0.1, 0.15) is 24.6 Å². The fourth-order valence-electron chi connectivity index (χ4n) is 4.39. The molecule has 3 aromatic rings. The number of ether oxygens (including phenoxy) is 3. The number of phosphoric acid groups is 1. The molecule has 2 amide bonds. The van der Waals surface area contributed by atoms with Crippen LogP contribution >= 0.6 is 7.82 Å². The third kappa shape index (κ3) is 6.50. The SMILES string of the molecule is CCCCNC(=O)Nc1ncnc2c1ncn2[C@@H]1O[C@H](COP(=O)([O-])O)C2OC(/C=C/c3ccccc3)O[C@@H]21. The molecule has 3 unspecified atom stereocenters. The van der Waals surface area contributed by atoms with E-state index >= 15 is 0 Å². The van der Waals surface area contributed by atoms with E-state index in [1.165, 1.54) is 12.7 Å². The van der Waals surface area contributed by atoms with Crippen LogP contribution in [0.15, 0.2) is 49.1 Å². The third-order valence-corrected chi connectivity index (χ3v) is 6.67. The second kappa shape index (κ2) is 11.9. The van der Waals surface area contributed by atoms with E-state index in [0.29, 0.717) is 17.7 Å². The van der Waals surface area contributed by atoms with Gasteiger partial charge < -0.3 is 33.8 Å². The number of benzene rings is 1. The Morgan fingerprint density at radius 1 is 1.21 bits per heavy atom. The monoisotopic (exact) mass is 559 g/mol. The lowest BCUT2D eigenvalue weighted by Crippen LogP contribution is -2.32. The number of anilines is 1. The highest BCUT2D eigenvalue weighted by atomic mass is 31.2. The molecule has 15 heteroatoms. The summed E-state index contributed by atoms with van der Waals surface area (Å²) < 4.78 is 35.7. The van der Waals surface area contributed by atoms with Crippen molar-refractivity contribution in [2.45, 2.75) is 50.6 Å². The molecule has 4 heterocycles. The maximum Gasteiger partial charge on any atom is 0.320 e. The van der Waals surface area contributed by atoms with Gasteiger partial charge in [0.25, 0.3) is 7.82 Å². The fraction of sp³-hybridized carbons (Fsp3) is 0.417. The van der Waals surface area contributed by atoms with Gasteiger partial charge in [-0.3, -0.25) is 14.4 Å². The van der Waals surface area contributed by atoms with Crippen LogP contribution in [0.2, 0.25) is 0 Å². The average molecular weight is 559 g/mol. The van der Waals surface area contributed by atoms with E-state index in [2.05, 4.69) is 30.1 Å². The molecule has 39 heavy (non-hydrogen) atoms. The van der Waals surface area contributed by atoms with E-state index in [4.69, 9.17) is 19.1 Å². The smallest absolute Gasteiger partial charge is 0.320 e. The molecule has 2 aromatic heterocycles. The van der Waals surface area contributed by atoms with E-state index < -0.39 is 51.3 Å². The van der Waals surface area contributed by atoms with Gasteiger partial charge in [0.05, 0.1) is 12.9 Å².